The molecule has 1 aliphatic rings. The summed E-state index contributed by atoms with van der Waals surface area (Å²) in [6.45, 7) is 6.10. The van der Waals surface area contributed by atoms with Crippen molar-refractivity contribution < 1.29 is 9.18 Å². The van der Waals surface area contributed by atoms with E-state index in [1.807, 2.05) is 27.0 Å². The summed E-state index contributed by atoms with van der Waals surface area (Å²) in [7, 11) is 1.91. The molecule has 1 atom stereocenters. The number of aryl methyl sites for hydroxylation is 2. The highest BCUT2D eigenvalue weighted by Crippen LogP contribution is 2.21. The maximum Gasteiger partial charge on any atom is 0.253 e. The van der Waals surface area contributed by atoms with Gasteiger partial charge in [-0.1, -0.05) is 0 Å². The van der Waals surface area contributed by atoms with Crippen LogP contribution in [0.15, 0.2) is 24.3 Å². The van der Waals surface area contributed by atoms with Crippen LogP contribution in [0.4, 0.5) is 4.39 Å². The normalized spacial score (nSPS) is 16.8. The van der Waals surface area contributed by atoms with Gasteiger partial charge >= 0.3 is 0 Å². The summed E-state index contributed by atoms with van der Waals surface area (Å²) in [5, 5.41) is 7.44. The van der Waals surface area contributed by atoms with Crippen molar-refractivity contribution in [3.05, 3.63) is 47.0 Å². The zero-order valence-electron chi connectivity index (χ0n) is 14.8. The number of aromatic nitrogens is 2. The van der Waals surface area contributed by atoms with E-state index in [4.69, 9.17) is 0 Å². The van der Waals surface area contributed by atoms with E-state index in [2.05, 4.69) is 10.4 Å². The molecule has 1 N–H and O–H groups in total. The van der Waals surface area contributed by atoms with Crippen molar-refractivity contribution in [3.8, 4) is 5.69 Å². The Balaban J connectivity index is 0.00000225. The second kappa shape index (κ2) is 7.97. The minimum absolute atomic E-state index is 0. The first kappa shape index (κ1) is 19.4. The van der Waals surface area contributed by atoms with E-state index in [1.54, 1.807) is 21.7 Å². The molecule has 25 heavy (non-hydrogen) atoms. The molecule has 0 radical (unpaired) electrons. The van der Waals surface area contributed by atoms with Crippen molar-refractivity contribution >= 4 is 18.3 Å². The topological polar surface area (TPSA) is 50.2 Å². The Morgan fingerprint density at radius 3 is 2.72 bits per heavy atom. The van der Waals surface area contributed by atoms with Crippen LogP contribution >= 0.6 is 12.4 Å². The van der Waals surface area contributed by atoms with Crippen molar-refractivity contribution in [2.24, 2.45) is 5.92 Å². The highest BCUT2D eigenvalue weighted by molar-refractivity contribution is 5.94. The molecule has 1 fully saturated rings. The first-order chi connectivity index (χ1) is 11.5. The molecule has 0 spiro atoms. The van der Waals surface area contributed by atoms with Crippen LogP contribution in [0.25, 0.3) is 5.69 Å². The van der Waals surface area contributed by atoms with Crippen LogP contribution in [0, 0.1) is 25.6 Å². The van der Waals surface area contributed by atoms with E-state index in [1.165, 1.54) is 6.07 Å². The summed E-state index contributed by atoms with van der Waals surface area (Å²) in [4.78, 5) is 14.4. The molecule has 1 unspecified atom stereocenters. The van der Waals surface area contributed by atoms with Gasteiger partial charge in [0.15, 0.2) is 0 Å². The quantitative estimate of drug-likeness (QED) is 0.905. The van der Waals surface area contributed by atoms with E-state index < -0.39 is 5.82 Å². The van der Waals surface area contributed by atoms with E-state index in [-0.39, 0.29) is 18.3 Å². The zero-order valence-corrected chi connectivity index (χ0v) is 15.6. The Morgan fingerprint density at radius 2 is 2.12 bits per heavy atom. The number of hydrogen-bond donors (Lipinski definition) is 1. The fourth-order valence-electron chi connectivity index (χ4n) is 3.34. The lowest BCUT2D eigenvalue weighted by molar-refractivity contribution is 0.0786. The minimum Gasteiger partial charge on any atom is -0.338 e. The lowest BCUT2D eigenvalue weighted by atomic mass is 10.1. The third-order valence-electron chi connectivity index (χ3n) is 4.50. The Morgan fingerprint density at radius 1 is 1.36 bits per heavy atom. The molecule has 1 aliphatic heterocycles. The zero-order chi connectivity index (χ0) is 17.3. The van der Waals surface area contributed by atoms with Crippen LogP contribution in [0.1, 0.15) is 28.2 Å². The van der Waals surface area contributed by atoms with Gasteiger partial charge in [-0.15, -0.1) is 12.4 Å². The number of rotatable bonds is 4. The van der Waals surface area contributed by atoms with Crippen molar-refractivity contribution in [1.29, 1.82) is 0 Å². The summed E-state index contributed by atoms with van der Waals surface area (Å²) >= 11 is 0. The van der Waals surface area contributed by atoms with Crippen molar-refractivity contribution in [1.82, 2.24) is 20.0 Å². The van der Waals surface area contributed by atoms with Crippen LogP contribution in [0.2, 0.25) is 0 Å². The molecule has 7 heteroatoms. The molecule has 5 nitrogen and oxygen atoms in total. The fraction of sp³-hybridized carbons (Fsp3) is 0.444. The molecule has 2 heterocycles. The maximum atomic E-state index is 14.5. The second-order valence-electron chi connectivity index (χ2n) is 6.47. The number of hydrogen-bond acceptors (Lipinski definition) is 3. The molecular formula is C18H24ClFN4O. The fourth-order valence-corrected chi connectivity index (χ4v) is 3.34. The number of halogens is 2. The summed E-state index contributed by atoms with van der Waals surface area (Å²) < 4.78 is 16.1. The van der Waals surface area contributed by atoms with E-state index >= 15 is 0 Å². The predicted octanol–water partition coefficient (Wildman–Crippen LogP) is 2.73. The van der Waals surface area contributed by atoms with Crippen LogP contribution in [-0.4, -0.2) is 47.3 Å². The largest absolute Gasteiger partial charge is 0.338 e. The molecule has 1 aromatic carbocycles. The highest BCUT2D eigenvalue weighted by atomic mass is 35.5. The molecule has 0 bridgehead atoms. The molecule has 0 saturated carbocycles. The Kier molecular flexibility index (Phi) is 6.19. The molecular weight excluding hydrogens is 343 g/mol. The molecule has 136 valence electrons. The number of nitrogens with one attached hydrogen (secondary N) is 1. The minimum atomic E-state index is -0.432. The monoisotopic (exact) mass is 366 g/mol. The highest BCUT2D eigenvalue weighted by Gasteiger charge is 2.27. The van der Waals surface area contributed by atoms with Gasteiger partial charge in [0.05, 0.1) is 5.69 Å². The van der Waals surface area contributed by atoms with Gasteiger partial charge in [0.2, 0.25) is 0 Å². The van der Waals surface area contributed by atoms with E-state index in [9.17, 15) is 9.18 Å². The van der Waals surface area contributed by atoms with Crippen molar-refractivity contribution in [2.45, 2.75) is 20.3 Å². The van der Waals surface area contributed by atoms with Gasteiger partial charge in [-0.3, -0.25) is 4.79 Å². The van der Waals surface area contributed by atoms with Crippen molar-refractivity contribution in [2.75, 3.05) is 26.7 Å². The van der Waals surface area contributed by atoms with Crippen LogP contribution in [-0.2, 0) is 0 Å². The molecule has 1 saturated heterocycles. The molecule has 0 aliphatic carbocycles. The third kappa shape index (κ3) is 4.02. The third-order valence-corrected chi connectivity index (χ3v) is 4.50. The van der Waals surface area contributed by atoms with Gasteiger partial charge in [-0.05, 0) is 64.0 Å². The van der Waals surface area contributed by atoms with Gasteiger partial charge in [0.1, 0.15) is 11.5 Å². The van der Waals surface area contributed by atoms with Gasteiger partial charge in [0, 0.05) is 24.3 Å². The van der Waals surface area contributed by atoms with Gasteiger partial charge in [-0.25, -0.2) is 9.07 Å². The van der Waals surface area contributed by atoms with Crippen LogP contribution in [0.5, 0.6) is 0 Å². The maximum absolute atomic E-state index is 14.5. The number of amides is 1. The number of nitrogens with zero attached hydrogens (tertiary/aromatic N) is 3. The number of carbonyl (C=O) groups is 1. The van der Waals surface area contributed by atoms with Gasteiger partial charge in [-0.2, -0.15) is 5.10 Å². The number of carbonyl (C=O) groups excluding carboxylic acids is 1. The smallest absolute Gasteiger partial charge is 0.253 e. The average Bonchev–Trinajstić information content (AvgIpc) is 3.13. The Bertz CT molecular complexity index is 762. The summed E-state index contributed by atoms with van der Waals surface area (Å²) in [6, 6.07) is 6.52. The number of benzene rings is 1. The molecule has 2 aromatic rings. The first-order valence-electron chi connectivity index (χ1n) is 8.26. The van der Waals surface area contributed by atoms with Crippen molar-refractivity contribution in [3.63, 3.8) is 0 Å². The lowest BCUT2D eigenvalue weighted by Crippen LogP contribution is -2.30. The average molecular weight is 367 g/mol. The summed E-state index contributed by atoms with van der Waals surface area (Å²) in [5.41, 5.74) is 2.45. The van der Waals surface area contributed by atoms with E-state index in [0.29, 0.717) is 17.2 Å². The Labute approximate surface area is 153 Å². The number of likely N-dealkylation sites (tertiary alicyclic amines) is 1. The first-order valence-corrected chi connectivity index (χ1v) is 8.26. The molecule has 3 rings (SSSR count). The Hall–Kier alpha value is -1.92. The van der Waals surface area contributed by atoms with E-state index in [0.717, 1.165) is 37.4 Å². The van der Waals surface area contributed by atoms with Crippen LogP contribution < -0.4 is 5.32 Å². The molecule has 1 amide bonds. The SMILES string of the molecule is CNCC1CCN(C(=O)c2ccc(-n3nc(C)cc3C)c(F)c2)C1.Cl. The van der Waals surface area contributed by atoms with Gasteiger partial charge < -0.3 is 10.2 Å². The van der Waals surface area contributed by atoms with Crippen LogP contribution in [0.3, 0.4) is 0 Å². The van der Waals surface area contributed by atoms with Gasteiger partial charge in [0.25, 0.3) is 5.91 Å². The summed E-state index contributed by atoms with van der Waals surface area (Å²) in [5.74, 6) is -0.0665. The lowest BCUT2D eigenvalue weighted by Gasteiger charge is -2.17. The second-order valence-corrected chi connectivity index (χ2v) is 6.47. The summed E-state index contributed by atoms with van der Waals surface area (Å²) in [6.07, 6.45) is 0.985. The predicted molar refractivity (Wildman–Crippen MR) is 98.2 cm³/mol. The standard InChI is InChI=1S/C18H23FN4O.ClH/c1-12-8-13(2)23(21-12)17-5-4-15(9-16(17)19)18(24)22-7-6-14(11-22)10-20-3;/h4-5,8-9,14,20H,6-7,10-11H2,1-3H3;1H. The molecule has 1 aromatic heterocycles.